The van der Waals surface area contributed by atoms with Crippen molar-refractivity contribution in [2.24, 2.45) is 0 Å². The van der Waals surface area contributed by atoms with E-state index in [0.29, 0.717) is 35.0 Å². The van der Waals surface area contributed by atoms with Crippen LogP contribution in [0.15, 0.2) is 78.9 Å². The van der Waals surface area contributed by atoms with Crippen LogP contribution in [-0.4, -0.2) is 24.5 Å². The summed E-state index contributed by atoms with van der Waals surface area (Å²) in [5.74, 6) is -0.0518. The van der Waals surface area contributed by atoms with Crippen molar-refractivity contribution in [3.05, 3.63) is 95.0 Å². The van der Waals surface area contributed by atoms with E-state index in [9.17, 15) is 9.59 Å². The van der Waals surface area contributed by atoms with Crippen molar-refractivity contribution in [3.8, 4) is 5.75 Å². The molecule has 0 radical (unpaired) electrons. The zero-order valence-corrected chi connectivity index (χ0v) is 18.1. The molecule has 0 spiro atoms. The molecule has 5 nitrogen and oxygen atoms in total. The van der Waals surface area contributed by atoms with Gasteiger partial charge in [0, 0.05) is 11.6 Å². The van der Waals surface area contributed by atoms with Gasteiger partial charge in [-0.2, -0.15) is 0 Å². The molecule has 6 heteroatoms. The first-order chi connectivity index (χ1) is 15.1. The van der Waals surface area contributed by atoms with E-state index in [1.165, 1.54) is 0 Å². The van der Waals surface area contributed by atoms with Gasteiger partial charge in [-0.25, -0.2) is 0 Å². The molecule has 3 aromatic carbocycles. The minimum absolute atomic E-state index is 0.240. The van der Waals surface area contributed by atoms with Crippen molar-refractivity contribution in [2.75, 3.05) is 11.9 Å². The van der Waals surface area contributed by atoms with Gasteiger partial charge in [-0.1, -0.05) is 67.1 Å². The third-order valence-corrected chi connectivity index (χ3v) is 4.94. The lowest BCUT2D eigenvalue weighted by atomic mass is 10.1. The van der Waals surface area contributed by atoms with Crippen molar-refractivity contribution >= 4 is 29.1 Å². The van der Waals surface area contributed by atoms with E-state index in [1.54, 1.807) is 48.5 Å². The molecule has 0 heterocycles. The maximum absolute atomic E-state index is 12.8. The molecule has 3 rings (SSSR count). The average Bonchev–Trinajstić information content (AvgIpc) is 2.78. The quantitative estimate of drug-likeness (QED) is 0.490. The van der Waals surface area contributed by atoms with E-state index in [0.717, 1.165) is 12.0 Å². The summed E-state index contributed by atoms with van der Waals surface area (Å²) < 4.78 is 5.80. The molecule has 0 aliphatic heterocycles. The first-order valence-corrected chi connectivity index (χ1v) is 10.6. The van der Waals surface area contributed by atoms with Crippen LogP contribution in [-0.2, 0) is 11.2 Å². The molecule has 160 valence electrons. The van der Waals surface area contributed by atoms with Crippen molar-refractivity contribution in [2.45, 2.75) is 25.9 Å². The Morgan fingerprint density at radius 2 is 1.71 bits per heavy atom. The molecule has 0 saturated heterocycles. The second kappa shape index (κ2) is 11.2. The normalized spacial score (nSPS) is 11.4. The number of hydrogen-bond donors (Lipinski definition) is 2. The third kappa shape index (κ3) is 6.59. The highest BCUT2D eigenvalue weighted by Gasteiger charge is 2.21. The smallest absolute Gasteiger partial charge is 0.265 e. The van der Waals surface area contributed by atoms with Gasteiger partial charge in [0.2, 0.25) is 0 Å². The fourth-order valence-corrected chi connectivity index (χ4v) is 3.27. The Balaban J connectivity index is 1.63. The molecule has 0 fully saturated rings. The maximum Gasteiger partial charge on any atom is 0.265 e. The molecule has 0 bridgehead atoms. The highest BCUT2D eigenvalue weighted by molar-refractivity contribution is 6.30. The highest BCUT2D eigenvalue weighted by atomic mass is 35.5. The summed E-state index contributed by atoms with van der Waals surface area (Å²) in [6.45, 7) is 2.36. The molecule has 3 aromatic rings. The Labute approximate surface area is 187 Å². The fourth-order valence-electron chi connectivity index (χ4n) is 3.09. The standard InChI is InChI=1S/C25H25ClN2O3/c1-2-23(31-20-12-8-11-19(26)17-20)25(30)28-22-14-7-6-13-21(22)24(29)27-16-15-18-9-4-3-5-10-18/h3-14,17,23H,2,15-16H2,1H3,(H,27,29)(H,28,30)/t23-/m0/s1. The summed E-state index contributed by atoms with van der Waals surface area (Å²) in [5.41, 5.74) is 1.99. The number of carbonyl (C=O) groups is 2. The van der Waals surface area contributed by atoms with Crippen molar-refractivity contribution in [3.63, 3.8) is 0 Å². The first kappa shape index (κ1) is 22.4. The van der Waals surface area contributed by atoms with Crippen LogP contribution in [0.3, 0.4) is 0 Å². The fraction of sp³-hybridized carbons (Fsp3) is 0.200. The van der Waals surface area contributed by atoms with Crippen LogP contribution in [0.1, 0.15) is 29.3 Å². The lowest BCUT2D eigenvalue weighted by Crippen LogP contribution is -2.33. The number of rotatable bonds is 9. The van der Waals surface area contributed by atoms with E-state index in [2.05, 4.69) is 10.6 Å². The number of halogens is 1. The highest BCUT2D eigenvalue weighted by Crippen LogP contribution is 2.21. The van der Waals surface area contributed by atoms with Crippen LogP contribution in [0.5, 0.6) is 5.75 Å². The van der Waals surface area contributed by atoms with Crippen molar-refractivity contribution < 1.29 is 14.3 Å². The van der Waals surface area contributed by atoms with E-state index in [-0.39, 0.29) is 11.8 Å². The third-order valence-electron chi connectivity index (χ3n) is 4.71. The summed E-state index contributed by atoms with van der Waals surface area (Å²) >= 11 is 5.99. The number of benzene rings is 3. The summed E-state index contributed by atoms with van der Waals surface area (Å²) in [7, 11) is 0. The van der Waals surface area contributed by atoms with Gasteiger partial charge in [-0.3, -0.25) is 9.59 Å². The summed E-state index contributed by atoms with van der Waals surface area (Å²) in [6.07, 6.45) is 0.476. The van der Waals surface area contributed by atoms with Crippen LogP contribution < -0.4 is 15.4 Å². The zero-order valence-electron chi connectivity index (χ0n) is 17.3. The molecule has 0 unspecified atom stereocenters. The number of ether oxygens (including phenoxy) is 1. The molecule has 0 aromatic heterocycles. The number of hydrogen-bond acceptors (Lipinski definition) is 3. The number of amides is 2. The van der Waals surface area contributed by atoms with Crippen molar-refractivity contribution in [1.29, 1.82) is 0 Å². The molecule has 0 aliphatic carbocycles. The van der Waals surface area contributed by atoms with Gasteiger partial charge in [-0.05, 0) is 48.7 Å². The molecule has 0 saturated carbocycles. The molecular weight excluding hydrogens is 412 g/mol. The lowest BCUT2D eigenvalue weighted by Gasteiger charge is -2.18. The second-order valence-electron chi connectivity index (χ2n) is 7.00. The van der Waals surface area contributed by atoms with E-state index >= 15 is 0 Å². The van der Waals surface area contributed by atoms with Gasteiger partial charge in [0.05, 0.1) is 11.3 Å². The van der Waals surface area contributed by atoms with Gasteiger partial charge in [0.15, 0.2) is 6.10 Å². The lowest BCUT2D eigenvalue weighted by molar-refractivity contribution is -0.122. The number of carbonyl (C=O) groups excluding carboxylic acids is 2. The summed E-state index contributed by atoms with van der Waals surface area (Å²) in [5, 5.41) is 6.27. The van der Waals surface area contributed by atoms with E-state index in [4.69, 9.17) is 16.3 Å². The number of nitrogens with one attached hydrogen (secondary N) is 2. The van der Waals surface area contributed by atoms with Crippen molar-refractivity contribution in [1.82, 2.24) is 5.32 Å². The Kier molecular flexibility index (Phi) is 8.07. The van der Waals surface area contributed by atoms with E-state index < -0.39 is 6.10 Å². The average molecular weight is 437 g/mol. The van der Waals surface area contributed by atoms with Gasteiger partial charge in [0.1, 0.15) is 5.75 Å². The van der Waals surface area contributed by atoms with Gasteiger partial charge in [0.25, 0.3) is 11.8 Å². The first-order valence-electron chi connectivity index (χ1n) is 10.2. The Hall–Kier alpha value is -3.31. The van der Waals surface area contributed by atoms with Crippen LogP contribution in [0.2, 0.25) is 5.02 Å². The number of anilines is 1. The summed E-state index contributed by atoms with van der Waals surface area (Å²) in [6, 6.07) is 23.8. The molecule has 1 atom stereocenters. The molecular formula is C25H25ClN2O3. The summed E-state index contributed by atoms with van der Waals surface area (Å²) in [4.78, 5) is 25.5. The van der Waals surface area contributed by atoms with E-state index in [1.807, 2.05) is 37.3 Å². The Bertz CT molecular complexity index is 1020. The topological polar surface area (TPSA) is 67.4 Å². The Morgan fingerprint density at radius 1 is 0.968 bits per heavy atom. The van der Waals surface area contributed by atoms with Crippen LogP contribution in [0.25, 0.3) is 0 Å². The monoisotopic (exact) mass is 436 g/mol. The van der Waals surface area contributed by atoms with Crippen LogP contribution in [0.4, 0.5) is 5.69 Å². The van der Waals surface area contributed by atoms with Gasteiger partial charge in [-0.15, -0.1) is 0 Å². The Morgan fingerprint density at radius 3 is 2.45 bits per heavy atom. The SMILES string of the molecule is CC[C@H](Oc1cccc(Cl)c1)C(=O)Nc1ccccc1C(=O)NCCc1ccccc1. The predicted molar refractivity (Wildman–Crippen MR) is 124 cm³/mol. The maximum atomic E-state index is 12.8. The minimum Gasteiger partial charge on any atom is -0.481 e. The molecule has 2 N–H and O–H groups in total. The van der Waals surface area contributed by atoms with Crippen LogP contribution in [0, 0.1) is 0 Å². The molecule has 0 aliphatic rings. The predicted octanol–water partition coefficient (Wildman–Crippen LogP) is 5.11. The zero-order chi connectivity index (χ0) is 22.1. The van der Waals surface area contributed by atoms with Gasteiger partial charge < -0.3 is 15.4 Å². The van der Waals surface area contributed by atoms with Gasteiger partial charge >= 0.3 is 0 Å². The number of para-hydroxylation sites is 1. The molecule has 31 heavy (non-hydrogen) atoms. The molecule has 2 amide bonds. The largest absolute Gasteiger partial charge is 0.481 e. The minimum atomic E-state index is -0.715. The van der Waals surface area contributed by atoms with Crippen LogP contribution >= 0.6 is 11.6 Å². The second-order valence-corrected chi connectivity index (χ2v) is 7.43.